The van der Waals surface area contributed by atoms with Gasteiger partial charge in [-0.05, 0) is 78.6 Å². The van der Waals surface area contributed by atoms with Crippen molar-refractivity contribution in [2.75, 3.05) is 27.4 Å². The maximum Gasteiger partial charge on any atom is 0.341 e. The average Bonchev–Trinajstić information content (AvgIpc) is 3.13. The molecule has 4 aromatic carbocycles. The second-order valence-electron chi connectivity index (χ2n) is 11.7. The van der Waals surface area contributed by atoms with Crippen molar-refractivity contribution in [1.29, 1.82) is 0 Å². The highest BCUT2D eigenvalue weighted by Gasteiger charge is 2.38. The highest BCUT2D eigenvalue weighted by atomic mass is 16.5. The number of methoxy groups -OCH3 is 2. The fraction of sp³-hybridized carbons (Fsp3) is 0.308. The lowest BCUT2D eigenvalue weighted by molar-refractivity contribution is -0.162. The molecule has 1 saturated heterocycles. The van der Waals surface area contributed by atoms with E-state index in [1.165, 1.54) is 0 Å². The minimum absolute atomic E-state index is 0.139. The van der Waals surface area contributed by atoms with Gasteiger partial charge in [0.05, 0.1) is 20.1 Å². The number of carbonyl (C=O) groups excluding carboxylic acids is 2. The number of hydrogen-bond acceptors (Lipinski definition) is 7. The molecule has 9 heteroatoms. The van der Waals surface area contributed by atoms with Gasteiger partial charge in [-0.25, -0.2) is 9.59 Å². The highest BCUT2D eigenvalue weighted by Crippen LogP contribution is 2.34. The van der Waals surface area contributed by atoms with Crippen molar-refractivity contribution in [3.05, 3.63) is 125 Å². The average molecular weight is 652 g/mol. The normalized spacial score (nSPS) is 15.0. The summed E-state index contributed by atoms with van der Waals surface area (Å²) >= 11 is 0. The number of hydrogen-bond donors (Lipinski definition) is 1. The first kappa shape index (κ1) is 34.0. The van der Waals surface area contributed by atoms with E-state index in [4.69, 9.17) is 24.1 Å². The Balaban J connectivity index is 1.41. The zero-order valence-corrected chi connectivity index (χ0v) is 27.2. The van der Waals surface area contributed by atoms with Crippen LogP contribution in [-0.4, -0.2) is 61.3 Å². The molecule has 250 valence electrons. The third-order valence-electron chi connectivity index (χ3n) is 8.56. The molecule has 1 aliphatic heterocycles. The van der Waals surface area contributed by atoms with Gasteiger partial charge in [-0.1, -0.05) is 78.9 Å². The van der Waals surface area contributed by atoms with Crippen molar-refractivity contribution in [2.24, 2.45) is 0 Å². The molecule has 4 aromatic rings. The van der Waals surface area contributed by atoms with Crippen molar-refractivity contribution < 1.29 is 38.4 Å². The summed E-state index contributed by atoms with van der Waals surface area (Å²) in [6.45, 7) is -0.0493. The van der Waals surface area contributed by atoms with Crippen molar-refractivity contribution in [3.63, 3.8) is 0 Å². The quantitative estimate of drug-likeness (QED) is 0.152. The van der Waals surface area contributed by atoms with Crippen LogP contribution in [0.2, 0.25) is 0 Å². The molecular formula is C39H41NO8. The van der Waals surface area contributed by atoms with Gasteiger partial charge in [0.25, 0.3) is 0 Å². The number of likely N-dealkylation sites (tertiary alicyclic amines) is 1. The summed E-state index contributed by atoms with van der Waals surface area (Å²) in [5.41, 5.74) is 3.33. The Morgan fingerprint density at radius 3 is 2.10 bits per heavy atom. The molecule has 1 heterocycles. The van der Waals surface area contributed by atoms with E-state index in [1.54, 1.807) is 37.3 Å². The van der Waals surface area contributed by atoms with E-state index in [9.17, 15) is 14.4 Å². The Kier molecular flexibility index (Phi) is 11.7. The number of amides is 1. The van der Waals surface area contributed by atoms with Gasteiger partial charge >= 0.3 is 11.9 Å². The Morgan fingerprint density at radius 2 is 1.46 bits per heavy atom. The summed E-state index contributed by atoms with van der Waals surface area (Å²) in [6, 6.07) is 31.1. The van der Waals surface area contributed by atoms with E-state index >= 15 is 0 Å². The molecule has 0 aliphatic carbocycles. The Labute approximate surface area is 281 Å². The minimum Gasteiger partial charge on any atom is -0.493 e. The smallest absolute Gasteiger partial charge is 0.341 e. The molecule has 0 saturated carbocycles. The summed E-state index contributed by atoms with van der Waals surface area (Å²) in [7, 11) is 3.15. The van der Waals surface area contributed by atoms with E-state index in [0.717, 1.165) is 29.5 Å². The number of carboxylic acid groups (broad SMARTS) is 1. The number of carboxylic acids is 1. The van der Waals surface area contributed by atoms with Crippen LogP contribution in [0.3, 0.4) is 0 Å². The van der Waals surface area contributed by atoms with E-state index in [1.807, 2.05) is 84.9 Å². The molecule has 48 heavy (non-hydrogen) atoms. The topological polar surface area (TPSA) is 112 Å². The van der Waals surface area contributed by atoms with Crippen molar-refractivity contribution in [2.45, 2.75) is 50.2 Å². The summed E-state index contributed by atoms with van der Waals surface area (Å²) in [5.74, 6) is -0.718. The molecule has 2 atom stereocenters. The number of benzene rings is 4. The summed E-state index contributed by atoms with van der Waals surface area (Å²) < 4.78 is 22.6. The molecule has 1 unspecified atom stereocenters. The van der Waals surface area contributed by atoms with Gasteiger partial charge in [-0.15, -0.1) is 0 Å². The summed E-state index contributed by atoms with van der Waals surface area (Å²) in [6.07, 6.45) is 2.33. The Hall–Kier alpha value is -5.31. The molecule has 1 amide bonds. The fourth-order valence-electron chi connectivity index (χ4n) is 6.17. The molecule has 0 radical (unpaired) electrons. The molecule has 1 aliphatic rings. The summed E-state index contributed by atoms with van der Waals surface area (Å²) in [5, 5.41) is 9.12. The van der Waals surface area contributed by atoms with Crippen LogP contribution in [0.1, 0.15) is 60.0 Å². The molecule has 9 nitrogen and oxygen atoms in total. The lowest BCUT2D eigenvalue weighted by Gasteiger charge is -2.37. The van der Waals surface area contributed by atoms with Crippen LogP contribution >= 0.6 is 0 Å². The predicted octanol–water partition coefficient (Wildman–Crippen LogP) is 6.60. The van der Waals surface area contributed by atoms with E-state index in [2.05, 4.69) is 0 Å². The molecule has 0 bridgehead atoms. The monoisotopic (exact) mass is 651 g/mol. The third kappa shape index (κ3) is 8.53. The third-order valence-corrected chi connectivity index (χ3v) is 8.56. The Bertz CT molecular complexity index is 1640. The SMILES string of the molecule is COc1ccc(CCC(OC(=O)[C@@H]2CCCCN2C(=O)C(c2ccccc2)c2ccccc2)c2cccc(OCC(=O)O)c2)cc1OC. The lowest BCUT2D eigenvalue weighted by atomic mass is 9.88. The van der Waals surface area contributed by atoms with Crippen LogP contribution < -0.4 is 14.2 Å². The highest BCUT2D eigenvalue weighted by molar-refractivity contribution is 5.91. The first-order valence-corrected chi connectivity index (χ1v) is 16.1. The van der Waals surface area contributed by atoms with Gasteiger partial charge in [-0.2, -0.15) is 0 Å². The van der Waals surface area contributed by atoms with Crippen LogP contribution in [0, 0.1) is 0 Å². The maximum atomic E-state index is 14.4. The molecule has 1 fully saturated rings. The predicted molar refractivity (Wildman–Crippen MR) is 180 cm³/mol. The first-order chi connectivity index (χ1) is 23.4. The summed E-state index contributed by atoms with van der Waals surface area (Å²) in [4.78, 5) is 41.3. The number of aryl methyl sites for hydroxylation is 1. The van der Waals surface area contributed by atoms with Gasteiger partial charge in [-0.3, -0.25) is 4.79 Å². The number of ether oxygens (including phenoxy) is 4. The van der Waals surface area contributed by atoms with E-state index in [-0.39, 0.29) is 5.91 Å². The fourth-order valence-corrected chi connectivity index (χ4v) is 6.17. The second kappa shape index (κ2) is 16.5. The van der Waals surface area contributed by atoms with Crippen LogP contribution in [0.4, 0.5) is 0 Å². The molecule has 1 N–H and O–H groups in total. The molecule has 0 aromatic heterocycles. The number of esters is 1. The lowest BCUT2D eigenvalue weighted by Crippen LogP contribution is -2.50. The Morgan fingerprint density at radius 1 is 0.792 bits per heavy atom. The van der Waals surface area contributed by atoms with Gasteiger partial charge in [0.2, 0.25) is 5.91 Å². The van der Waals surface area contributed by atoms with Crippen LogP contribution in [0.25, 0.3) is 0 Å². The minimum atomic E-state index is -1.09. The second-order valence-corrected chi connectivity index (χ2v) is 11.7. The van der Waals surface area contributed by atoms with Crippen LogP contribution in [0.15, 0.2) is 103 Å². The number of carbonyl (C=O) groups is 3. The van der Waals surface area contributed by atoms with Crippen molar-refractivity contribution >= 4 is 17.8 Å². The first-order valence-electron chi connectivity index (χ1n) is 16.1. The molecule has 0 spiro atoms. The van der Waals surface area contributed by atoms with E-state index in [0.29, 0.717) is 48.6 Å². The van der Waals surface area contributed by atoms with Crippen LogP contribution in [-0.2, 0) is 25.5 Å². The zero-order valence-electron chi connectivity index (χ0n) is 27.2. The van der Waals surface area contributed by atoms with Gasteiger partial charge in [0, 0.05) is 6.54 Å². The molecular weight excluding hydrogens is 610 g/mol. The van der Waals surface area contributed by atoms with Crippen LogP contribution in [0.5, 0.6) is 17.2 Å². The van der Waals surface area contributed by atoms with Gasteiger partial charge in [0.15, 0.2) is 18.1 Å². The number of rotatable bonds is 14. The standard InChI is InChI=1S/C39H41NO8/c1-45-34-22-20-27(24-35(34)46-2)19-21-33(30-16-11-17-31(25-30)47-26-36(41)42)48-39(44)32-18-9-10-23-40(32)38(43)37(28-12-5-3-6-13-28)29-14-7-4-8-15-29/h3-8,11-17,20,22,24-25,32-33,37H,9-10,18-19,21,23,26H2,1-2H3,(H,41,42)/t32-,33?/m0/s1. The maximum absolute atomic E-state index is 14.4. The van der Waals surface area contributed by atoms with Crippen molar-refractivity contribution in [1.82, 2.24) is 4.90 Å². The van der Waals surface area contributed by atoms with E-state index < -0.39 is 36.6 Å². The van der Waals surface area contributed by atoms with Gasteiger partial charge < -0.3 is 29.0 Å². The van der Waals surface area contributed by atoms with Crippen molar-refractivity contribution in [3.8, 4) is 17.2 Å². The number of piperidine rings is 1. The number of aliphatic carboxylic acids is 1. The zero-order chi connectivity index (χ0) is 33.9. The molecule has 5 rings (SSSR count). The van der Waals surface area contributed by atoms with Gasteiger partial charge in [0.1, 0.15) is 17.9 Å². The number of nitrogens with zero attached hydrogens (tertiary/aromatic N) is 1. The largest absolute Gasteiger partial charge is 0.493 e.